The highest BCUT2D eigenvalue weighted by Gasteiger charge is 2.37. The van der Waals surface area contributed by atoms with Crippen molar-refractivity contribution >= 4 is 0 Å². The van der Waals surface area contributed by atoms with Crippen LogP contribution in [0.15, 0.2) is 59.3 Å². The molecule has 2 heterocycles. The minimum atomic E-state index is -0.378. The molecule has 8 heteroatoms. The average Bonchev–Trinajstić information content (AvgIpc) is 3.52. The molecule has 3 N–H and O–H groups in total. The van der Waals surface area contributed by atoms with E-state index < -0.39 is 0 Å². The molecule has 1 fully saturated rings. The predicted molar refractivity (Wildman–Crippen MR) is 194 cm³/mol. The van der Waals surface area contributed by atoms with E-state index >= 15 is 0 Å². The maximum absolute atomic E-state index is 10.3. The molecule has 2 aromatic carbocycles. The summed E-state index contributed by atoms with van der Waals surface area (Å²) in [7, 11) is 1.66. The molecule has 1 saturated heterocycles. The lowest BCUT2D eigenvalue weighted by Crippen LogP contribution is -2.43. The number of aliphatic hydroxyl groups is 1. The summed E-state index contributed by atoms with van der Waals surface area (Å²) in [5, 5.41) is 14.6. The van der Waals surface area contributed by atoms with Gasteiger partial charge >= 0.3 is 0 Å². The number of aryl methyl sites for hydroxylation is 1. The Bertz CT molecular complexity index is 1310. The number of hydrogen-bond acceptors (Lipinski definition) is 8. The largest absolute Gasteiger partial charge is 0.512 e. The summed E-state index contributed by atoms with van der Waals surface area (Å²) in [6.45, 7) is 24.6. The molecule has 0 amide bonds. The van der Waals surface area contributed by atoms with Crippen LogP contribution in [0.4, 0.5) is 0 Å². The molecule has 0 saturated carbocycles. The number of piperidine rings is 1. The summed E-state index contributed by atoms with van der Waals surface area (Å²) >= 11 is 0. The van der Waals surface area contributed by atoms with Gasteiger partial charge in [0.05, 0.1) is 31.0 Å². The first-order chi connectivity index (χ1) is 22.3. The van der Waals surface area contributed by atoms with Crippen LogP contribution in [-0.2, 0) is 28.9 Å². The summed E-state index contributed by atoms with van der Waals surface area (Å²) in [5.74, 6) is 2.00. The molecule has 0 aliphatic carbocycles. The molecular formula is C39H62N4O4. The molecule has 1 aliphatic heterocycles. The summed E-state index contributed by atoms with van der Waals surface area (Å²) in [5.41, 5.74) is 10.9. The molecule has 0 unspecified atom stereocenters. The van der Waals surface area contributed by atoms with Crippen LogP contribution in [0.5, 0.6) is 0 Å². The van der Waals surface area contributed by atoms with Gasteiger partial charge < -0.3 is 24.8 Å². The highest BCUT2D eigenvalue weighted by atomic mass is 16.5. The highest BCUT2D eigenvalue weighted by Crippen LogP contribution is 2.37. The monoisotopic (exact) mass is 650 g/mol. The first-order valence-electron chi connectivity index (χ1n) is 17.3. The lowest BCUT2D eigenvalue weighted by molar-refractivity contribution is -0.0161. The van der Waals surface area contributed by atoms with Crippen LogP contribution < -0.4 is 5.73 Å². The van der Waals surface area contributed by atoms with E-state index in [1.54, 1.807) is 7.11 Å². The normalized spacial score (nSPS) is 14.6. The van der Waals surface area contributed by atoms with Crippen LogP contribution in [0, 0.1) is 11.3 Å². The van der Waals surface area contributed by atoms with Gasteiger partial charge in [-0.1, -0.05) is 83.1 Å². The molecular weight excluding hydrogens is 588 g/mol. The zero-order valence-electron chi connectivity index (χ0n) is 30.7. The van der Waals surface area contributed by atoms with Gasteiger partial charge in [0.15, 0.2) is 0 Å². The number of rotatable bonds is 14. The Morgan fingerprint density at radius 3 is 2.21 bits per heavy atom. The van der Waals surface area contributed by atoms with E-state index in [9.17, 15) is 5.11 Å². The van der Waals surface area contributed by atoms with Crippen molar-refractivity contribution in [2.45, 2.75) is 99.6 Å². The number of hydrogen-bond donors (Lipinski definition) is 2. The quantitative estimate of drug-likeness (QED) is 0.132. The maximum atomic E-state index is 10.3. The number of methoxy groups -OCH3 is 1. The van der Waals surface area contributed by atoms with Crippen LogP contribution >= 0.6 is 0 Å². The van der Waals surface area contributed by atoms with Crippen molar-refractivity contribution in [3.05, 3.63) is 71.5 Å². The molecule has 0 bridgehead atoms. The first kappa shape index (κ1) is 40.1. The Hall–Kier alpha value is -3.04. The lowest BCUT2D eigenvalue weighted by atomic mass is 9.77. The van der Waals surface area contributed by atoms with Crippen LogP contribution in [0.1, 0.15) is 91.3 Å². The molecule has 1 aliphatic rings. The van der Waals surface area contributed by atoms with Crippen LogP contribution in [-0.4, -0.2) is 65.7 Å². The number of aliphatic hydroxyl groups excluding tert-OH is 1. The third-order valence-electron chi connectivity index (χ3n) is 7.88. The number of nitrogens with zero attached hydrogens (tertiary/aromatic N) is 3. The fourth-order valence-electron chi connectivity index (χ4n) is 5.44. The third kappa shape index (κ3) is 13.5. The number of aromatic nitrogens is 2. The predicted octanol–water partition coefficient (Wildman–Crippen LogP) is 8.64. The number of benzene rings is 2. The van der Waals surface area contributed by atoms with E-state index in [4.69, 9.17) is 24.7 Å². The van der Waals surface area contributed by atoms with E-state index in [1.165, 1.54) is 16.7 Å². The van der Waals surface area contributed by atoms with Crippen molar-refractivity contribution in [3.8, 4) is 22.8 Å². The van der Waals surface area contributed by atoms with Gasteiger partial charge in [-0.25, -0.2) is 0 Å². The van der Waals surface area contributed by atoms with Crippen LogP contribution in [0.2, 0.25) is 0 Å². The van der Waals surface area contributed by atoms with Crippen molar-refractivity contribution < 1.29 is 19.1 Å². The average molecular weight is 651 g/mol. The molecule has 8 nitrogen and oxygen atoms in total. The third-order valence-corrected chi connectivity index (χ3v) is 7.88. The summed E-state index contributed by atoms with van der Waals surface area (Å²) in [4.78, 5) is 7.13. The van der Waals surface area contributed by atoms with Crippen molar-refractivity contribution in [1.29, 1.82) is 0 Å². The zero-order chi connectivity index (χ0) is 35.0. The van der Waals surface area contributed by atoms with Crippen molar-refractivity contribution in [1.82, 2.24) is 15.0 Å². The minimum absolute atomic E-state index is 0. The fourth-order valence-corrected chi connectivity index (χ4v) is 5.44. The summed E-state index contributed by atoms with van der Waals surface area (Å²) in [6.07, 6.45) is 4.87. The second-order valence-electron chi connectivity index (χ2n) is 13.9. The van der Waals surface area contributed by atoms with Crippen molar-refractivity contribution in [3.63, 3.8) is 0 Å². The molecule has 0 atom stereocenters. The molecule has 0 radical (unpaired) electrons. The topological polar surface area (TPSA) is 107 Å². The molecule has 0 spiro atoms. The number of nitrogens with two attached hydrogens (primary N) is 1. The van der Waals surface area contributed by atoms with Gasteiger partial charge in [0, 0.05) is 30.3 Å². The van der Waals surface area contributed by atoms with Crippen LogP contribution in [0.25, 0.3) is 22.8 Å². The van der Waals surface area contributed by atoms with Gasteiger partial charge in [0.1, 0.15) is 0 Å². The Morgan fingerprint density at radius 1 is 1.04 bits per heavy atom. The molecule has 4 rings (SSSR count). The Labute approximate surface area is 284 Å². The first-order valence-corrected chi connectivity index (χ1v) is 17.3. The second kappa shape index (κ2) is 19.7. The summed E-state index contributed by atoms with van der Waals surface area (Å²) in [6, 6.07) is 14.9. The SMILES string of the molecule is C=C(O)C1(COCCOC)CCN(Cc2ccc(-c3noc(-c4ccc(CC(C)C)c(CCC)c4)n3)cc2)CC1.CC.CC(C)(C)N. The Balaban J connectivity index is 0.00000100. The smallest absolute Gasteiger partial charge is 0.258 e. The molecule has 47 heavy (non-hydrogen) atoms. The Kier molecular flexibility index (Phi) is 16.8. The van der Waals surface area contributed by atoms with Crippen molar-refractivity contribution in [2.24, 2.45) is 17.1 Å². The van der Waals surface area contributed by atoms with E-state index in [0.29, 0.717) is 37.5 Å². The Morgan fingerprint density at radius 2 is 1.66 bits per heavy atom. The van der Waals surface area contributed by atoms with Gasteiger partial charge in [0.25, 0.3) is 5.89 Å². The van der Waals surface area contributed by atoms with Gasteiger partial charge in [0.2, 0.25) is 5.82 Å². The van der Waals surface area contributed by atoms with E-state index in [1.807, 2.05) is 34.6 Å². The standard InChI is InChI=1S/C33H45N3O4.C4H11N.C2H6/c1-6-7-28-21-30(13-12-29(28)20-24(2)3)32-34-31(35-40-32)27-10-8-26(9-11-27)22-36-16-14-33(15-17-36,25(4)37)23-39-19-18-38-5;1-4(2,3)5;1-2/h8-13,21,24,37H,4,6-7,14-20,22-23H2,1-3,5H3;5H2,1-3H3;1-2H3. The molecule has 1 aromatic heterocycles. The lowest BCUT2D eigenvalue weighted by Gasteiger charge is -2.41. The number of ether oxygens (including phenoxy) is 2. The maximum Gasteiger partial charge on any atom is 0.258 e. The zero-order valence-corrected chi connectivity index (χ0v) is 30.7. The van der Waals surface area contributed by atoms with Gasteiger partial charge in [-0.15, -0.1) is 0 Å². The van der Waals surface area contributed by atoms with E-state index in [0.717, 1.165) is 62.9 Å². The van der Waals surface area contributed by atoms with Gasteiger partial charge in [-0.2, -0.15) is 4.98 Å². The minimum Gasteiger partial charge on any atom is -0.512 e. The van der Waals surface area contributed by atoms with Crippen molar-refractivity contribution in [2.75, 3.05) is 40.0 Å². The second-order valence-corrected chi connectivity index (χ2v) is 13.9. The van der Waals surface area contributed by atoms with Gasteiger partial charge in [-0.05, 0) is 94.3 Å². The highest BCUT2D eigenvalue weighted by molar-refractivity contribution is 5.61. The fraction of sp³-hybridized carbons (Fsp3) is 0.590. The summed E-state index contributed by atoms with van der Waals surface area (Å²) < 4.78 is 16.5. The van der Waals surface area contributed by atoms with Gasteiger partial charge in [-0.3, -0.25) is 4.90 Å². The van der Waals surface area contributed by atoms with Crippen LogP contribution in [0.3, 0.4) is 0 Å². The number of likely N-dealkylation sites (tertiary alicyclic amines) is 1. The molecule has 3 aromatic rings. The van der Waals surface area contributed by atoms with E-state index in [2.05, 4.69) is 79.9 Å². The van der Waals surface area contributed by atoms with E-state index in [-0.39, 0.29) is 16.7 Å². The molecule has 262 valence electrons.